The number of carboxylic acids is 1. The van der Waals surface area contributed by atoms with Crippen molar-refractivity contribution in [3.05, 3.63) is 64.7 Å². The topological polar surface area (TPSA) is 55.8 Å². The van der Waals surface area contributed by atoms with Gasteiger partial charge in [-0.2, -0.15) is 0 Å². The summed E-state index contributed by atoms with van der Waals surface area (Å²) in [6.45, 7) is 1.82. The van der Waals surface area contributed by atoms with E-state index in [2.05, 4.69) is 0 Å². The van der Waals surface area contributed by atoms with Gasteiger partial charge < -0.3 is 14.6 Å². The van der Waals surface area contributed by atoms with Gasteiger partial charge in [-0.3, -0.25) is 0 Å². The smallest absolute Gasteiger partial charge is 0.373 e. The van der Waals surface area contributed by atoms with Crippen LogP contribution in [0.5, 0.6) is 5.75 Å². The number of carbonyl (C=O) groups is 1. The van der Waals surface area contributed by atoms with Crippen LogP contribution in [0.2, 0.25) is 5.02 Å². The monoisotopic (exact) mass is 340 g/mol. The number of hydrogen-bond donors (Lipinski definition) is 1. The second-order valence-corrected chi connectivity index (χ2v) is 5.38. The first kappa shape index (κ1) is 16.6. The molecule has 6 heteroatoms. The summed E-state index contributed by atoms with van der Waals surface area (Å²) in [5.74, 6) is -0.706. The van der Waals surface area contributed by atoms with Crippen LogP contribution in [0.1, 0.15) is 18.1 Å². The second-order valence-electron chi connectivity index (χ2n) is 4.95. The first-order valence-corrected chi connectivity index (χ1v) is 6.81. The maximum absolute atomic E-state index is 11.3. The minimum atomic E-state index is -1.36. The Morgan fingerprint density at radius 3 is 2.55 bits per heavy atom. The average Bonchev–Trinajstić information content (AvgIpc) is 2.48. The van der Waals surface area contributed by atoms with Crippen molar-refractivity contribution in [1.82, 2.24) is 0 Å². The van der Waals surface area contributed by atoms with Crippen molar-refractivity contribution < 1.29 is 19.4 Å². The summed E-state index contributed by atoms with van der Waals surface area (Å²) in [5.41, 5.74) is 0.602. The van der Waals surface area contributed by atoms with E-state index in [1.807, 2.05) is 37.3 Å². The molecular weight excluding hydrogens is 327 g/mol. The van der Waals surface area contributed by atoms with Crippen LogP contribution in [0, 0.1) is 0 Å². The zero-order valence-corrected chi connectivity index (χ0v) is 13.2. The van der Waals surface area contributed by atoms with Crippen molar-refractivity contribution in [2.24, 2.45) is 0 Å². The number of carboxylic acid groups (broad SMARTS) is 1. The van der Waals surface area contributed by atoms with Gasteiger partial charge in [-0.25, -0.2) is 4.79 Å². The predicted octanol–water partition coefficient (Wildman–Crippen LogP) is 3.85. The van der Waals surface area contributed by atoms with Gasteiger partial charge in [0.1, 0.15) is 11.4 Å². The SMILES string of the molecule is CC1(c2ccccc2)OC(C(=O)O)Oc2ccc(Cl)cc21.Cl. The van der Waals surface area contributed by atoms with E-state index < -0.39 is 17.9 Å². The molecule has 0 spiro atoms. The molecule has 2 unspecified atom stereocenters. The maximum Gasteiger partial charge on any atom is 0.373 e. The molecule has 0 aliphatic carbocycles. The Kier molecular flexibility index (Phi) is 4.66. The van der Waals surface area contributed by atoms with E-state index in [1.165, 1.54) is 0 Å². The third-order valence-corrected chi connectivity index (χ3v) is 3.79. The van der Waals surface area contributed by atoms with Crippen molar-refractivity contribution in [1.29, 1.82) is 0 Å². The molecule has 2 atom stereocenters. The normalized spacial score (nSPS) is 22.9. The standard InChI is InChI=1S/C16H13ClO4.ClH/c1-16(10-5-3-2-4-6-10)12-9-11(17)7-8-13(12)20-15(21-16)14(18)19;/h2-9,15H,1H3,(H,18,19);1H. The first-order valence-electron chi connectivity index (χ1n) is 6.43. The van der Waals surface area contributed by atoms with E-state index in [-0.39, 0.29) is 12.4 Å². The number of ether oxygens (including phenoxy) is 2. The maximum atomic E-state index is 11.3. The molecule has 0 fully saturated rings. The third kappa shape index (κ3) is 2.77. The van der Waals surface area contributed by atoms with E-state index in [4.69, 9.17) is 21.1 Å². The number of halogens is 2. The Morgan fingerprint density at radius 1 is 1.23 bits per heavy atom. The lowest BCUT2D eigenvalue weighted by Crippen LogP contribution is -2.44. The molecule has 0 aromatic heterocycles. The van der Waals surface area contributed by atoms with Crippen LogP contribution in [-0.2, 0) is 15.1 Å². The van der Waals surface area contributed by atoms with Gasteiger partial charge >= 0.3 is 5.97 Å². The van der Waals surface area contributed by atoms with Crippen LogP contribution in [0.25, 0.3) is 0 Å². The molecule has 22 heavy (non-hydrogen) atoms. The van der Waals surface area contributed by atoms with Crippen LogP contribution < -0.4 is 4.74 Å². The summed E-state index contributed by atoms with van der Waals surface area (Å²) in [6.07, 6.45) is -1.36. The Labute approximate surface area is 139 Å². The number of benzene rings is 2. The lowest BCUT2D eigenvalue weighted by atomic mass is 9.86. The van der Waals surface area contributed by atoms with E-state index in [1.54, 1.807) is 18.2 Å². The highest BCUT2D eigenvalue weighted by Gasteiger charge is 2.43. The van der Waals surface area contributed by atoms with Gasteiger partial charge in [0, 0.05) is 10.6 Å². The Hall–Kier alpha value is -1.75. The fourth-order valence-corrected chi connectivity index (χ4v) is 2.65. The molecule has 1 aliphatic rings. The Balaban J connectivity index is 0.00000176. The quantitative estimate of drug-likeness (QED) is 0.902. The van der Waals surface area contributed by atoms with E-state index in [0.29, 0.717) is 16.3 Å². The van der Waals surface area contributed by atoms with Crippen molar-refractivity contribution in [3.8, 4) is 5.75 Å². The molecular formula is C16H14Cl2O4. The van der Waals surface area contributed by atoms with E-state index >= 15 is 0 Å². The lowest BCUT2D eigenvalue weighted by molar-refractivity contribution is -0.201. The van der Waals surface area contributed by atoms with Gasteiger partial charge in [-0.05, 0) is 30.7 Å². The average molecular weight is 341 g/mol. The summed E-state index contributed by atoms with van der Waals surface area (Å²) in [6, 6.07) is 14.5. The van der Waals surface area contributed by atoms with Crippen molar-refractivity contribution >= 4 is 30.0 Å². The molecule has 2 aromatic rings. The van der Waals surface area contributed by atoms with Gasteiger partial charge in [0.25, 0.3) is 6.29 Å². The zero-order valence-electron chi connectivity index (χ0n) is 11.7. The van der Waals surface area contributed by atoms with E-state index in [0.717, 1.165) is 5.56 Å². The van der Waals surface area contributed by atoms with Gasteiger partial charge in [0.2, 0.25) is 0 Å². The molecule has 3 rings (SSSR count). The molecule has 0 amide bonds. The molecule has 2 aromatic carbocycles. The molecule has 1 heterocycles. The number of fused-ring (bicyclic) bond motifs is 1. The van der Waals surface area contributed by atoms with Crippen LogP contribution in [0.3, 0.4) is 0 Å². The lowest BCUT2D eigenvalue weighted by Gasteiger charge is -2.39. The Morgan fingerprint density at radius 2 is 1.91 bits per heavy atom. The number of hydrogen-bond acceptors (Lipinski definition) is 3. The molecule has 4 nitrogen and oxygen atoms in total. The van der Waals surface area contributed by atoms with Gasteiger partial charge in [-0.15, -0.1) is 12.4 Å². The molecule has 0 bridgehead atoms. The summed E-state index contributed by atoms with van der Waals surface area (Å²) in [4.78, 5) is 11.3. The minimum absolute atomic E-state index is 0. The van der Waals surface area contributed by atoms with Crippen LogP contribution in [0.15, 0.2) is 48.5 Å². The van der Waals surface area contributed by atoms with Crippen LogP contribution >= 0.6 is 24.0 Å². The molecule has 0 radical (unpaired) electrons. The first-order chi connectivity index (χ1) is 10.0. The zero-order chi connectivity index (χ0) is 15.0. The molecule has 1 N–H and O–H groups in total. The van der Waals surface area contributed by atoms with Crippen LogP contribution in [0.4, 0.5) is 0 Å². The summed E-state index contributed by atoms with van der Waals surface area (Å²) in [5, 5.41) is 9.76. The van der Waals surface area contributed by atoms with Gasteiger partial charge in [0.15, 0.2) is 0 Å². The largest absolute Gasteiger partial charge is 0.477 e. The fraction of sp³-hybridized carbons (Fsp3) is 0.188. The number of aliphatic carboxylic acids is 1. The molecule has 0 saturated heterocycles. The van der Waals surface area contributed by atoms with Crippen molar-refractivity contribution in [2.45, 2.75) is 18.8 Å². The summed E-state index contributed by atoms with van der Waals surface area (Å²) >= 11 is 6.06. The highest BCUT2D eigenvalue weighted by atomic mass is 35.5. The summed E-state index contributed by atoms with van der Waals surface area (Å²) < 4.78 is 11.1. The van der Waals surface area contributed by atoms with Crippen molar-refractivity contribution in [2.75, 3.05) is 0 Å². The molecule has 1 aliphatic heterocycles. The molecule has 0 saturated carbocycles. The summed E-state index contributed by atoms with van der Waals surface area (Å²) in [7, 11) is 0. The van der Waals surface area contributed by atoms with Crippen LogP contribution in [-0.4, -0.2) is 17.4 Å². The fourth-order valence-electron chi connectivity index (χ4n) is 2.48. The van der Waals surface area contributed by atoms with E-state index in [9.17, 15) is 9.90 Å². The predicted molar refractivity (Wildman–Crippen MR) is 84.7 cm³/mol. The Bertz CT molecular complexity index is 690. The highest BCUT2D eigenvalue weighted by Crippen LogP contribution is 2.44. The van der Waals surface area contributed by atoms with Gasteiger partial charge in [-0.1, -0.05) is 41.9 Å². The number of rotatable bonds is 2. The van der Waals surface area contributed by atoms with Gasteiger partial charge in [0.05, 0.1) is 0 Å². The third-order valence-electron chi connectivity index (χ3n) is 3.56. The molecule has 116 valence electrons. The minimum Gasteiger partial charge on any atom is -0.477 e. The highest BCUT2D eigenvalue weighted by molar-refractivity contribution is 6.30. The second kappa shape index (κ2) is 6.16. The van der Waals surface area contributed by atoms with Crippen molar-refractivity contribution in [3.63, 3.8) is 0 Å².